The van der Waals surface area contributed by atoms with Crippen LogP contribution >= 0.6 is 34.7 Å². The van der Waals surface area contributed by atoms with Gasteiger partial charge in [-0.1, -0.05) is 42.8 Å². The maximum absolute atomic E-state index is 12.6. The monoisotopic (exact) mass is 428 g/mol. The zero-order valence-corrected chi connectivity index (χ0v) is 17.9. The van der Waals surface area contributed by atoms with Crippen molar-refractivity contribution in [2.45, 2.75) is 23.5 Å². The molecular formula is C22H21ClN2OS2. The molecule has 0 saturated heterocycles. The second kappa shape index (κ2) is 8.60. The molecule has 1 amide bonds. The Hall–Kier alpha value is -1.95. The molecular weight excluding hydrogens is 408 g/mol. The molecule has 28 heavy (non-hydrogen) atoms. The van der Waals surface area contributed by atoms with Gasteiger partial charge in [-0.25, -0.2) is 0 Å². The molecule has 1 aromatic heterocycles. The lowest BCUT2D eigenvalue weighted by Gasteiger charge is -2.33. The van der Waals surface area contributed by atoms with Crippen LogP contribution in [-0.4, -0.2) is 24.2 Å². The Morgan fingerprint density at radius 2 is 1.93 bits per heavy atom. The summed E-state index contributed by atoms with van der Waals surface area (Å²) in [5.74, 6) is -0.0158. The second-order valence-corrected chi connectivity index (χ2v) is 9.76. The lowest BCUT2D eigenvalue weighted by atomic mass is 10.1. The lowest BCUT2D eigenvalue weighted by Crippen LogP contribution is -2.28. The third kappa shape index (κ3) is 4.37. The molecule has 1 aliphatic rings. The first-order valence-electron chi connectivity index (χ1n) is 9.26. The summed E-state index contributed by atoms with van der Waals surface area (Å²) in [4.78, 5) is 16.9. The molecule has 6 heteroatoms. The smallest absolute Gasteiger partial charge is 0.261 e. The number of halogens is 1. The van der Waals surface area contributed by atoms with Crippen molar-refractivity contribution in [1.82, 2.24) is 5.32 Å². The minimum absolute atomic E-state index is 0.0158. The number of thioether (sulfide) groups is 1. The Kier molecular flexibility index (Phi) is 5.95. The molecule has 4 rings (SSSR count). The number of anilines is 2. The van der Waals surface area contributed by atoms with E-state index in [2.05, 4.69) is 47.5 Å². The number of carbonyl (C=O) groups excluding carboxylic acids is 1. The summed E-state index contributed by atoms with van der Waals surface area (Å²) in [7, 11) is 0. The molecule has 1 aliphatic heterocycles. The number of benzene rings is 2. The van der Waals surface area contributed by atoms with E-state index < -0.39 is 0 Å². The highest BCUT2D eigenvalue weighted by Crippen LogP contribution is 2.43. The van der Waals surface area contributed by atoms with Gasteiger partial charge in [-0.3, -0.25) is 4.79 Å². The fourth-order valence-electron chi connectivity index (χ4n) is 3.25. The first-order chi connectivity index (χ1) is 13.6. The van der Waals surface area contributed by atoms with Crippen LogP contribution in [0.25, 0.3) is 0 Å². The van der Waals surface area contributed by atoms with Crippen LogP contribution in [0.4, 0.5) is 10.7 Å². The largest absolute Gasteiger partial charge is 0.351 e. The average Bonchev–Trinajstić information content (AvgIpc) is 3.19. The predicted octanol–water partition coefficient (Wildman–Crippen LogP) is 6.01. The molecule has 0 bridgehead atoms. The number of nitrogens with zero attached hydrogens (tertiary/aromatic N) is 1. The number of hydrogen-bond donors (Lipinski definition) is 1. The third-order valence-electron chi connectivity index (χ3n) is 4.62. The normalized spacial score (nSPS) is 15.9. The number of hydrogen-bond acceptors (Lipinski definition) is 4. The lowest BCUT2D eigenvalue weighted by molar-refractivity contribution is 0.0958. The summed E-state index contributed by atoms with van der Waals surface area (Å²) in [5.41, 5.74) is 2.38. The first-order valence-corrected chi connectivity index (χ1v) is 11.3. The summed E-state index contributed by atoms with van der Waals surface area (Å²) < 4.78 is 0. The SMILES string of the molecule is CC1CN(c2ccc(C(=O)NCCc3ccc(Cl)cc3)s2)c2ccccc2S1. The van der Waals surface area contributed by atoms with Gasteiger partial charge in [0.05, 0.1) is 15.6 Å². The summed E-state index contributed by atoms with van der Waals surface area (Å²) in [6, 6.07) is 20.2. The number of amides is 1. The molecule has 1 N–H and O–H groups in total. The fraction of sp³-hybridized carbons (Fsp3) is 0.227. The summed E-state index contributed by atoms with van der Waals surface area (Å²) in [5, 5.41) is 5.37. The van der Waals surface area contributed by atoms with E-state index in [1.54, 1.807) is 11.3 Å². The minimum atomic E-state index is -0.0158. The van der Waals surface area contributed by atoms with Gasteiger partial charge in [-0.15, -0.1) is 23.1 Å². The van der Waals surface area contributed by atoms with Crippen LogP contribution < -0.4 is 10.2 Å². The molecule has 0 aliphatic carbocycles. The van der Waals surface area contributed by atoms with Crippen molar-refractivity contribution in [3.8, 4) is 0 Å². The fourth-order valence-corrected chi connectivity index (χ4v) is 5.44. The van der Waals surface area contributed by atoms with Crippen molar-refractivity contribution in [3.63, 3.8) is 0 Å². The van der Waals surface area contributed by atoms with Gasteiger partial charge in [0.1, 0.15) is 0 Å². The number of fused-ring (bicyclic) bond motifs is 1. The van der Waals surface area contributed by atoms with Gasteiger partial charge < -0.3 is 10.2 Å². The predicted molar refractivity (Wildman–Crippen MR) is 121 cm³/mol. The summed E-state index contributed by atoms with van der Waals surface area (Å²) >= 11 is 9.37. The topological polar surface area (TPSA) is 32.3 Å². The summed E-state index contributed by atoms with van der Waals surface area (Å²) in [6.45, 7) is 3.79. The van der Waals surface area contributed by atoms with Crippen molar-refractivity contribution in [2.75, 3.05) is 18.0 Å². The first kappa shape index (κ1) is 19.4. The van der Waals surface area contributed by atoms with E-state index in [0.717, 1.165) is 33.4 Å². The van der Waals surface area contributed by atoms with Crippen molar-refractivity contribution in [3.05, 3.63) is 76.1 Å². The highest BCUT2D eigenvalue weighted by Gasteiger charge is 2.24. The molecule has 0 saturated carbocycles. The van der Waals surface area contributed by atoms with Crippen LogP contribution in [0, 0.1) is 0 Å². The van der Waals surface area contributed by atoms with Gasteiger partial charge in [0.2, 0.25) is 0 Å². The van der Waals surface area contributed by atoms with Crippen LogP contribution in [0.3, 0.4) is 0 Å². The molecule has 3 aromatic rings. The Labute approximate surface area is 178 Å². The van der Waals surface area contributed by atoms with Crippen LogP contribution in [-0.2, 0) is 6.42 Å². The molecule has 2 aromatic carbocycles. The van der Waals surface area contributed by atoms with Crippen molar-refractivity contribution >= 4 is 51.3 Å². The van der Waals surface area contributed by atoms with E-state index in [-0.39, 0.29) is 5.91 Å². The Morgan fingerprint density at radius 1 is 1.14 bits per heavy atom. The van der Waals surface area contributed by atoms with Crippen LogP contribution in [0.15, 0.2) is 65.6 Å². The maximum Gasteiger partial charge on any atom is 0.261 e. The number of thiophene rings is 1. The second-order valence-electron chi connectivity index (χ2n) is 6.78. The quantitative estimate of drug-likeness (QED) is 0.540. The maximum atomic E-state index is 12.6. The van der Waals surface area contributed by atoms with Gasteiger partial charge in [-0.2, -0.15) is 0 Å². The highest BCUT2D eigenvalue weighted by atomic mass is 35.5. The van der Waals surface area contributed by atoms with Gasteiger partial charge in [-0.05, 0) is 48.4 Å². The standard InChI is InChI=1S/C22H21ClN2OS2/c1-15-14-25(18-4-2-3-5-19(18)27-15)21-11-10-20(28-21)22(26)24-13-12-16-6-8-17(23)9-7-16/h2-11,15H,12-14H2,1H3,(H,24,26). The van der Waals surface area contributed by atoms with Crippen molar-refractivity contribution in [2.24, 2.45) is 0 Å². The zero-order valence-electron chi connectivity index (χ0n) is 15.5. The minimum Gasteiger partial charge on any atom is -0.351 e. The Bertz CT molecular complexity index is 971. The zero-order chi connectivity index (χ0) is 19.5. The third-order valence-corrected chi connectivity index (χ3v) is 7.13. The number of rotatable bonds is 5. The molecule has 0 radical (unpaired) electrons. The van der Waals surface area contributed by atoms with Crippen LogP contribution in [0.2, 0.25) is 5.02 Å². The van der Waals surface area contributed by atoms with Gasteiger partial charge in [0.25, 0.3) is 5.91 Å². The number of para-hydroxylation sites is 1. The van der Waals surface area contributed by atoms with E-state index in [0.29, 0.717) is 11.8 Å². The van der Waals surface area contributed by atoms with Gasteiger partial charge in [0.15, 0.2) is 0 Å². The summed E-state index contributed by atoms with van der Waals surface area (Å²) in [6.07, 6.45) is 0.787. The van der Waals surface area contributed by atoms with Crippen LogP contribution in [0.5, 0.6) is 0 Å². The molecule has 0 fully saturated rings. The molecule has 2 heterocycles. The molecule has 1 atom stereocenters. The van der Waals surface area contributed by atoms with Crippen LogP contribution in [0.1, 0.15) is 22.2 Å². The number of nitrogens with one attached hydrogen (secondary N) is 1. The number of carbonyl (C=O) groups is 1. The van der Waals surface area contributed by atoms with E-state index in [1.165, 1.54) is 10.6 Å². The van der Waals surface area contributed by atoms with E-state index in [9.17, 15) is 4.79 Å². The van der Waals surface area contributed by atoms with Crippen molar-refractivity contribution in [1.29, 1.82) is 0 Å². The Balaban J connectivity index is 1.41. The van der Waals surface area contributed by atoms with E-state index >= 15 is 0 Å². The molecule has 3 nitrogen and oxygen atoms in total. The Morgan fingerprint density at radius 3 is 2.75 bits per heavy atom. The van der Waals surface area contributed by atoms with Crippen molar-refractivity contribution < 1.29 is 4.79 Å². The highest BCUT2D eigenvalue weighted by molar-refractivity contribution is 8.00. The van der Waals surface area contributed by atoms with E-state index in [4.69, 9.17) is 11.6 Å². The van der Waals surface area contributed by atoms with Gasteiger partial charge in [0, 0.05) is 28.3 Å². The van der Waals surface area contributed by atoms with Gasteiger partial charge >= 0.3 is 0 Å². The molecule has 1 unspecified atom stereocenters. The molecule has 0 spiro atoms. The molecule has 144 valence electrons. The average molecular weight is 429 g/mol. The van der Waals surface area contributed by atoms with E-state index in [1.807, 2.05) is 42.1 Å².